The van der Waals surface area contributed by atoms with Crippen LogP contribution in [0.4, 0.5) is 0 Å². The van der Waals surface area contributed by atoms with Gasteiger partial charge in [-0.1, -0.05) is 31.2 Å². The van der Waals surface area contributed by atoms with Gasteiger partial charge in [0.25, 0.3) is 0 Å². The van der Waals surface area contributed by atoms with Crippen LogP contribution in [0.1, 0.15) is 32.4 Å². The fourth-order valence-electron chi connectivity index (χ4n) is 2.21. The van der Waals surface area contributed by atoms with Gasteiger partial charge >= 0.3 is 0 Å². The Morgan fingerprint density at radius 2 is 1.85 bits per heavy atom. The van der Waals surface area contributed by atoms with Crippen molar-refractivity contribution in [2.75, 3.05) is 13.2 Å². The summed E-state index contributed by atoms with van der Waals surface area (Å²) in [6.07, 6.45) is 3.61. The molecule has 0 radical (unpaired) electrons. The van der Waals surface area contributed by atoms with Crippen molar-refractivity contribution in [3.05, 3.63) is 48.3 Å². The average Bonchev–Trinajstić information content (AvgIpc) is 2.48. The van der Waals surface area contributed by atoms with Crippen LogP contribution in [0.2, 0.25) is 0 Å². The van der Waals surface area contributed by atoms with Gasteiger partial charge in [-0.25, -0.2) is 0 Å². The van der Waals surface area contributed by atoms with E-state index in [4.69, 9.17) is 4.74 Å². The van der Waals surface area contributed by atoms with Gasteiger partial charge in [-0.3, -0.25) is 4.98 Å². The molecule has 0 saturated heterocycles. The lowest BCUT2D eigenvalue weighted by Gasteiger charge is -2.13. The first-order valence-electron chi connectivity index (χ1n) is 7.16. The Labute approximate surface area is 121 Å². The van der Waals surface area contributed by atoms with Gasteiger partial charge in [0.1, 0.15) is 5.75 Å². The quantitative estimate of drug-likeness (QED) is 0.866. The highest BCUT2D eigenvalue weighted by Crippen LogP contribution is 2.24. The van der Waals surface area contributed by atoms with Crippen LogP contribution in [-0.2, 0) is 0 Å². The van der Waals surface area contributed by atoms with E-state index >= 15 is 0 Å². The summed E-state index contributed by atoms with van der Waals surface area (Å²) in [6, 6.07) is 11.0. The highest BCUT2D eigenvalue weighted by molar-refractivity contribution is 5.64. The van der Waals surface area contributed by atoms with Gasteiger partial charge in [0.2, 0.25) is 0 Å². The maximum absolute atomic E-state index is 5.49. The smallest absolute Gasteiger partial charge is 0.138 e. The summed E-state index contributed by atoms with van der Waals surface area (Å²) in [5, 5.41) is 3.41. The Bertz CT molecular complexity index is 537. The number of nitrogens with one attached hydrogen (secondary N) is 1. The standard InChI is InChI=1S/C17H22N2O/c1-4-19-13(3)14-6-8-15(9-7-14)16-10-17(20-5-2)12-18-11-16/h6-13,19H,4-5H2,1-3H3. The molecular weight excluding hydrogens is 248 g/mol. The van der Waals surface area contributed by atoms with Crippen LogP contribution in [-0.4, -0.2) is 18.1 Å². The molecule has 106 valence electrons. The lowest BCUT2D eigenvalue weighted by molar-refractivity contribution is 0.339. The molecule has 20 heavy (non-hydrogen) atoms. The van der Waals surface area contributed by atoms with Crippen LogP contribution < -0.4 is 10.1 Å². The van der Waals surface area contributed by atoms with E-state index in [9.17, 15) is 0 Å². The first kappa shape index (κ1) is 14.5. The average molecular weight is 270 g/mol. The zero-order valence-corrected chi connectivity index (χ0v) is 12.4. The first-order chi connectivity index (χ1) is 9.74. The molecule has 0 aliphatic rings. The van der Waals surface area contributed by atoms with Crippen molar-refractivity contribution in [1.29, 1.82) is 0 Å². The van der Waals surface area contributed by atoms with E-state index in [0.29, 0.717) is 12.6 Å². The third-order valence-electron chi connectivity index (χ3n) is 3.28. The molecule has 0 saturated carbocycles. The molecule has 0 aliphatic carbocycles. The Morgan fingerprint density at radius 1 is 1.10 bits per heavy atom. The van der Waals surface area contributed by atoms with E-state index in [2.05, 4.69) is 48.4 Å². The topological polar surface area (TPSA) is 34.2 Å². The van der Waals surface area contributed by atoms with E-state index in [1.54, 1.807) is 6.20 Å². The van der Waals surface area contributed by atoms with Crippen LogP contribution in [0.25, 0.3) is 11.1 Å². The van der Waals surface area contributed by atoms with E-state index in [1.165, 1.54) is 5.56 Å². The molecular formula is C17H22N2O. The van der Waals surface area contributed by atoms with Crippen molar-refractivity contribution in [2.24, 2.45) is 0 Å². The van der Waals surface area contributed by atoms with Crippen LogP contribution in [0, 0.1) is 0 Å². The first-order valence-corrected chi connectivity index (χ1v) is 7.16. The highest BCUT2D eigenvalue weighted by Gasteiger charge is 2.05. The molecule has 1 aromatic carbocycles. The molecule has 1 unspecified atom stereocenters. The minimum absolute atomic E-state index is 0.377. The molecule has 3 nitrogen and oxygen atoms in total. The molecule has 1 N–H and O–H groups in total. The number of nitrogens with zero attached hydrogens (tertiary/aromatic N) is 1. The van der Waals surface area contributed by atoms with Crippen molar-refractivity contribution in [2.45, 2.75) is 26.8 Å². The predicted molar refractivity (Wildman–Crippen MR) is 82.9 cm³/mol. The maximum atomic E-state index is 5.49. The zero-order valence-electron chi connectivity index (χ0n) is 12.4. The molecule has 2 rings (SSSR count). The van der Waals surface area contributed by atoms with Gasteiger partial charge in [0, 0.05) is 17.8 Å². The predicted octanol–water partition coefficient (Wildman–Crippen LogP) is 3.82. The van der Waals surface area contributed by atoms with Crippen molar-refractivity contribution in [1.82, 2.24) is 10.3 Å². The third kappa shape index (κ3) is 3.58. The molecule has 0 amide bonds. The van der Waals surface area contributed by atoms with E-state index in [-0.39, 0.29) is 0 Å². The Balaban J connectivity index is 2.19. The number of hydrogen-bond donors (Lipinski definition) is 1. The van der Waals surface area contributed by atoms with Gasteiger partial charge < -0.3 is 10.1 Å². The van der Waals surface area contributed by atoms with E-state index in [0.717, 1.165) is 23.4 Å². The molecule has 1 heterocycles. The lowest BCUT2D eigenvalue weighted by atomic mass is 10.0. The number of benzene rings is 1. The summed E-state index contributed by atoms with van der Waals surface area (Å²) >= 11 is 0. The summed E-state index contributed by atoms with van der Waals surface area (Å²) in [7, 11) is 0. The molecule has 0 bridgehead atoms. The van der Waals surface area contributed by atoms with E-state index < -0.39 is 0 Å². The second-order valence-corrected chi connectivity index (χ2v) is 4.74. The summed E-state index contributed by atoms with van der Waals surface area (Å²) in [4.78, 5) is 4.23. The SMILES string of the molecule is CCNC(C)c1ccc(-c2cncc(OCC)c2)cc1. The summed E-state index contributed by atoms with van der Waals surface area (Å²) in [5.41, 5.74) is 3.54. The molecule has 2 aromatic rings. The number of pyridine rings is 1. The Morgan fingerprint density at radius 3 is 2.50 bits per heavy atom. The van der Waals surface area contributed by atoms with Crippen LogP contribution >= 0.6 is 0 Å². The van der Waals surface area contributed by atoms with Crippen LogP contribution in [0.15, 0.2) is 42.7 Å². The second-order valence-electron chi connectivity index (χ2n) is 4.74. The van der Waals surface area contributed by atoms with Crippen molar-refractivity contribution >= 4 is 0 Å². The Kier molecular flexibility index (Phi) is 5.13. The third-order valence-corrected chi connectivity index (χ3v) is 3.28. The van der Waals surface area contributed by atoms with Gasteiger partial charge in [-0.15, -0.1) is 0 Å². The minimum atomic E-state index is 0.377. The van der Waals surface area contributed by atoms with Gasteiger partial charge in [-0.2, -0.15) is 0 Å². The monoisotopic (exact) mass is 270 g/mol. The number of ether oxygens (including phenoxy) is 1. The summed E-state index contributed by atoms with van der Waals surface area (Å²) in [6.45, 7) is 7.91. The minimum Gasteiger partial charge on any atom is -0.492 e. The fourth-order valence-corrected chi connectivity index (χ4v) is 2.21. The molecule has 0 aliphatic heterocycles. The molecule has 1 aromatic heterocycles. The Hall–Kier alpha value is -1.87. The van der Waals surface area contributed by atoms with Crippen LogP contribution in [0.3, 0.4) is 0 Å². The zero-order chi connectivity index (χ0) is 14.4. The molecule has 3 heteroatoms. The lowest BCUT2D eigenvalue weighted by Crippen LogP contribution is -2.17. The molecule has 1 atom stereocenters. The maximum Gasteiger partial charge on any atom is 0.138 e. The molecule has 0 spiro atoms. The number of rotatable bonds is 6. The van der Waals surface area contributed by atoms with Crippen molar-refractivity contribution in [3.8, 4) is 16.9 Å². The largest absolute Gasteiger partial charge is 0.492 e. The second kappa shape index (κ2) is 7.06. The van der Waals surface area contributed by atoms with Crippen molar-refractivity contribution in [3.63, 3.8) is 0 Å². The molecule has 0 fully saturated rings. The van der Waals surface area contributed by atoms with Gasteiger partial charge in [-0.05, 0) is 37.6 Å². The van der Waals surface area contributed by atoms with Gasteiger partial charge in [0.05, 0.1) is 12.8 Å². The normalized spacial score (nSPS) is 12.2. The van der Waals surface area contributed by atoms with Crippen molar-refractivity contribution < 1.29 is 4.74 Å². The van der Waals surface area contributed by atoms with E-state index in [1.807, 2.05) is 19.2 Å². The van der Waals surface area contributed by atoms with Crippen LogP contribution in [0.5, 0.6) is 5.75 Å². The number of aromatic nitrogens is 1. The summed E-state index contributed by atoms with van der Waals surface area (Å²) < 4.78 is 5.49. The highest BCUT2D eigenvalue weighted by atomic mass is 16.5. The summed E-state index contributed by atoms with van der Waals surface area (Å²) in [5.74, 6) is 0.815. The fraction of sp³-hybridized carbons (Fsp3) is 0.353. The van der Waals surface area contributed by atoms with Gasteiger partial charge in [0.15, 0.2) is 0 Å². The number of hydrogen-bond acceptors (Lipinski definition) is 3.